The number of nitrogens with one attached hydrogen (secondary N) is 2. The highest BCUT2D eigenvalue weighted by atomic mass is 16.2. The second kappa shape index (κ2) is 5.32. The molecule has 0 bridgehead atoms. The number of aryl methyl sites for hydroxylation is 2. The van der Waals surface area contributed by atoms with E-state index >= 15 is 0 Å². The van der Waals surface area contributed by atoms with Gasteiger partial charge in [0.15, 0.2) is 0 Å². The maximum absolute atomic E-state index is 11.6. The van der Waals surface area contributed by atoms with Crippen LogP contribution in [-0.2, 0) is 11.2 Å². The standard InChI is InChI=1S/C14H20N2O/c1-10-5-11(2)7-12(6-10)3-4-16-14(17)13-8-15-9-13/h5-7,13,15H,3-4,8-9H2,1-2H3,(H,16,17). The van der Waals surface area contributed by atoms with Gasteiger partial charge in [-0.2, -0.15) is 0 Å². The molecule has 1 aromatic carbocycles. The number of hydrogen-bond donors (Lipinski definition) is 2. The van der Waals surface area contributed by atoms with Gasteiger partial charge in [-0.15, -0.1) is 0 Å². The maximum atomic E-state index is 11.6. The maximum Gasteiger partial charge on any atom is 0.225 e. The van der Waals surface area contributed by atoms with E-state index in [1.54, 1.807) is 0 Å². The lowest BCUT2D eigenvalue weighted by molar-refractivity contribution is -0.126. The zero-order valence-electron chi connectivity index (χ0n) is 10.5. The van der Waals surface area contributed by atoms with Crippen LogP contribution in [0.15, 0.2) is 18.2 Å². The molecular weight excluding hydrogens is 212 g/mol. The van der Waals surface area contributed by atoms with Crippen LogP contribution in [0.4, 0.5) is 0 Å². The van der Waals surface area contributed by atoms with E-state index in [0.29, 0.717) is 0 Å². The van der Waals surface area contributed by atoms with Gasteiger partial charge in [0.25, 0.3) is 0 Å². The fraction of sp³-hybridized carbons (Fsp3) is 0.500. The highest BCUT2D eigenvalue weighted by Gasteiger charge is 2.23. The Bertz CT molecular complexity index is 390. The van der Waals surface area contributed by atoms with Crippen molar-refractivity contribution < 1.29 is 4.79 Å². The molecule has 2 rings (SSSR count). The van der Waals surface area contributed by atoms with E-state index in [1.807, 2.05) is 0 Å². The molecule has 1 saturated heterocycles. The summed E-state index contributed by atoms with van der Waals surface area (Å²) in [5, 5.41) is 6.10. The summed E-state index contributed by atoms with van der Waals surface area (Å²) < 4.78 is 0. The van der Waals surface area contributed by atoms with Crippen molar-refractivity contribution in [2.24, 2.45) is 5.92 Å². The van der Waals surface area contributed by atoms with E-state index in [4.69, 9.17) is 0 Å². The molecule has 0 aromatic heterocycles. The largest absolute Gasteiger partial charge is 0.355 e. The van der Waals surface area contributed by atoms with Crippen molar-refractivity contribution in [1.29, 1.82) is 0 Å². The molecule has 3 nitrogen and oxygen atoms in total. The Hall–Kier alpha value is -1.35. The van der Waals surface area contributed by atoms with Gasteiger partial charge in [0.05, 0.1) is 5.92 Å². The van der Waals surface area contributed by atoms with E-state index in [0.717, 1.165) is 26.1 Å². The van der Waals surface area contributed by atoms with Gasteiger partial charge in [-0.05, 0) is 25.8 Å². The van der Waals surface area contributed by atoms with Gasteiger partial charge in [0.2, 0.25) is 5.91 Å². The lowest BCUT2D eigenvalue weighted by Gasteiger charge is -2.25. The van der Waals surface area contributed by atoms with Crippen molar-refractivity contribution in [1.82, 2.24) is 10.6 Å². The molecule has 0 saturated carbocycles. The van der Waals surface area contributed by atoms with Crippen molar-refractivity contribution in [2.45, 2.75) is 20.3 Å². The molecule has 0 atom stereocenters. The summed E-state index contributed by atoms with van der Waals surface area (Å²) in [7, 11) is 0. The molecule has 1 aliphatic rings. The Morgan fingerprint density at radius 2 is 1.94 bits per heavy atom. The monoisotopic (exact) mass is 232 g/mol. The Kier molecular flexibility index (Phi) is 3.79. The Morgan fingerprint density at radius 3 is 2.47 bits per heavy atom. The minimum absolute atomic E-state index is 0.188. The van der Waals surface area contributed by atoms with Crippen molar-refractivity contribution in [3.63, 3.8) is 0 Å². The first kappa shape index (κ1) is 12.1. The summed E-state index contributed by atoms with van der Waals surface area (Å²) >= 11 is 0. The number of amides is 1. The summed E-state index contributed by atoms with van der Waals surface area (Å²) in [6, 6.07) is 6.54. The molecule has 1 aliphatic heterocycles. The lowest BCUT2D eigenvalue weighted by atomic mass is 10.0. The van der Waals surface area contributed by atoms with E-state index in [-0.39, 0.29) is 11.8 Å². The minimum atomic E-state index is 0.188. The average molecular weight is 232 g/mol. The lowest BCUT2D eigenvalue weighted by Crippen LogP contribution is -2.51. The first-order chi connectivity index (χ1) is 8.15. The smallest absolute Gasteiger partial charge is 0.225 e. The Balaban J connectivity index is 1.79. The van der Waals surface area contributed by atoms with Crippen LogP contribution in [-0.4, -0.2) is 25.5 Å². The third-order valence-corrected chi connectivity index (χ3v) is 3.15. The Morgan fingerprint density at radius 1 is 1.29 bits per heavy atom. The SMILES string of the molecule is Cc1cc(C)cc(CCNC(=O)C2CNC2)c1. The molecule has 1 amide bonds. The summed E-state index contributed by atoms with van der Waals surface area (Å²) in [4.78, 5) is 11.6. The second-order valence-electron chi connectivity index (χ2n) is 4.89. The van der Waals surface area contributed by atoms with Crippen molar-refractivity contribution in [2.75, 3.05) is 19.6 Å². The third-order valence-electron chi connectivity index (χ3n) is 3.15. The molecule has 0 unspecified atom stereocenters. The highest BCUT2D eigenvalue weighted by molar-refractivity contribution is 5.79. The summed E-state index contributed by atoms with van der Waals surface area (Å²) in [5.74, 6) is 0.377. The van der Waals surface area contributed by atoms with Crippen LogP contribution in [0.1, 0.15) is 16.7 Å². The van der Waals surface area contributed by atoms with Crippen molar-refractivity contribution >= 4 is 5.91 Å². The molecule has 0 spiro atoms. The molecular formula is C14H20N2O. The van der Waals surface area contributed by atoms with Gasteiger partial charge in [-0.3, -0.25) is 4.79 Å². The quantitative estimate of drug-likeness (QED) is 0.818. The molecule has 3 heteroatoms. The molecule has 1 aromatic rings. The average Bonchev–Trinajstić information content (AvgIpc) is 2.12. The summed E-state index contributed by atoms with van der Waals surface area (Å²) in [6.07, 6.45) is 0.911. The zero-order chi connectivity index (χ0) is 12.3. The van der Waals surface area contributed by atoms with E-state index in [9.17, 15) is 4.79 Å². The first-order valence-electron chi connectivity index (χ1n) is 6.21. The van der Waals surface area contributed by atoms with Gasteiger partial charge in [-0.25, -0.2) is 0 Å². The van der Waals surface area contributed by atoms with Crippen molar-refractivity contribution in [3.8, 4) is 0 Å². The number of rotatable bonds is 4. The third kappa shape index (κ3) is 3.30. The first-order valence-corrected chi connectivity index (χ1v) is 6.21. The van der Waals surface area contributed by atoms with Crippen LogP contribution < -0.4 is 10.6 Å². The fourth-order valence-electron chi connectivity index (χ4n) is 2.16. The molecule has 92 valence electrons. The van der Waals surface area contributed by atoms with Gasteiger partial charge < -0.3 is 10.6 Å². The fourth-order valence-corrected chi connectivity index (χ4v) is 2.16. The number of hydrogen-bond acceptors (Lipinski definition) is 2. The van der Waals surface area contributed by atoms with Gasteiger partial charge >= 0.3 is 0 Å². The van der Waals surface area contributed by atoms with Gasteiger partial charge in [0.1, 0.15) is 0 Å². The van der Waals surface area contributed by atoms with Crippen LogP contribution in [0.3, 0.4) is 0 Å². The number of benzene rings is 1. The number of carbonyl (C=O) groups excluding carboxylic acids is 1. The van der Waals surface area contributed by atoms with Gasteiger partial charge in [-0.1, -0.05) is 29.3 Å². The summed E-state index contributed by atoms with van der Waals surface area (Å²) in [5.41, 5.74) is 3.87. The van der Waals surface area contributed by atoms with E-state index in [1.165, 1.54) is 16.7 Å². The molecule has 2 N–H and O–H groups in total. The van der Waals surface area contributed by atoms with Crippen LogP contribution in [0.25, 0.3) is 0 Å². The normalized spacial score (nSPS) is 15.4. The molecule has 17 heavy (non-hydrogen) atoms. The molecule has 1 fully saturated rings. The van der Waals surface area contributed by atoms with Crippen LogP contribution in [0.5, 0.6) is 0 Å². The second-order valence-corrected chi connectivity index (χ2v) is 4.89. The summed E-state index contributed by atoms with van der Waals surface area (Å²) in [6.45, 7) is 6.60. The van der Waals surface area contributed by atoms with Crippen LogP contribution in [0, 0.1) is 19.8 Å². The molecule has 0 aliphatic carbocycles. The predicted octanol–water partition coefficient (Wildman–Crippen LogP) is 1.18. The van der Waals surface area contributed by atoms with E-state index < -0.39 is 0 Å². The molecule has 0 radical (unpaired) electrons. The van der Waals surface area contributed by atoms with E-state index in [2.05, 4.69) is 42.7 Å². The predicted molar refractivity (Wildman–Crippen MR) is 69.0 cm³/mol. The molecule has 1 heterocycles. The zero-order valence-corrected chi connectivity index (χ0v) is 10.5. The van der Waals surface area contributed by atoms with Crippen LogP contribution in [0.2, 0.25) is 0 Å². The van der Waals surface area contributed by atoms with Crippen LogP contribution >= 0.6 is 0 Å². The topological polar surface area (TPSA) is 41.1 Å². The van der Waals surface area contributed by atoms with Gasteiger partial charge in [0, 0.05) is 19.6 Å². The number of carbonyl (C=O) groups is 1. The Labute approximate surface area is 103 Å². The minimum Gasteiger partial charge on any atom is -0.355 e. The highest BCUT2D eigenvalue weighted by Crippen LogP contribution is 2.09. The van der Waals surface area contributed by atoms with Crippen molar-refractivity contribution in [3.05, 3.63) is 34.9 Å².